The highest BCUT2D eigenvalue weighted by molar-refractivity contribution is 8.68. The highest BCUT2D eigenvalue weighted by Crippen LogP contribution is 3.12. The van der Waals surface area contributed by atoms with Crippen LogP contribution < -0.4 is 0 Å². The van der Waals surface area contributed by atoms with Gasteiger partial charge in [-0.3, -0.25) is 0 Å². The van der Waals surface area contributed by atoms with Gasteiger partial charge in [0.25, 0.3) is 27.2 Å². The summed E-state index contributed by atoms with van der Waals surface area (Å²) in [7, 11) is -20.3. The molecule has 0 heterocycles. The zero-order valence-corrected chi connectivity index (χ0v) is 14.8. The number of hydrogen-bond acceptors (Lipinski definition) is 0. The van der Waals surface area contributed by atoms with E-state index in [0.717, 1.165) is 0 Å². The number of halogens is 15. The van der Waals surface area contributed by atoms with E-state index in [-0.39, 0.29) is 0 Å². The third-order valence-corrected chi connectivity index (χ3v) is 7.35. The molecule has 0 atom stereocenters. The van der Waals surface area contributed by atoms with Crippen LogP contribution in [0.15, 0.2) is 32.9 Å². The van der Waals surface area contributed by atoms with Crippen LogP contribution in [0.2, 0.25) is 0 Å². The Morgan fingerprint density at radius 1 is 0.500 bits per heavy atom. The Morgan fingerprint density at radius 2 is 0.833 bits per heavy atom. The van der Waals surface area contributed by atoms with E-state index in [4.69, 9.17) is 0 Å². The van der Waals surface area contributed by atoms with Crippen LogP contribution in [0.1, 0.15) is 0 Å². The van der Waals surface area contributed by atoms with Crippen molar-refractivity contribution in [2.24, 2.45) is 0 Å². The van der Waals surface area contributed by atoms with Crippen molar-refractivity contribution in [1.29, 1.82) is 0 Å². The second-order valence-electron chi connectivity index (χ2n) is 4.52. The second kappa shape index (κ2) is 3.53. The third-order valence-electron chi connectivity index (χ3n) is 2.19. The fourth-order valence-electron chi connectivity index (χ4n) is 1.35. The molecule has 0 bridgehead atoms. The maximum Gasteiger partial charge on any atom is 0.255 e. The van der Waals surface area contributed by atoms with Crippen molar-refractivity contribution in [2.75, 3.05) is 0 Å². The highest BCUT2D eigenvalue weighted by atomic mass is 35.8. The van der Waals surface area contributed by atoms with E-state index in [1.807, 2.05) is 0 Å². The Kier molecular flexibility index (Phi) is 3.29. The van der Waals surface area contributed by atoms with Crippen molar-refractivity contribution >= 4 is 59.2 Å². The fourth-order valence-corrected chi connectivity index (χ4v) is 6.01. The summed E-state index contributed by atoms with van der Waals surface area (Å²) in [5.41, 5.74) is 0. The predicted octanol–water partition coefficient (Wildman–Crippen LogP) is 10.5. The maximum atomic E-state index is 13.1. The van der Waals surface area contributed by atoms with Crippen LogP contribution in [-0.2, 0) is 0 Å². The van der Waals surface area contributed by atoms with Crippen molar-refractivity contribution in [2.45, 2.75) is 14.7 Å². The molecule has 1 rings (SSSR count). The molecule has 24 heavy (non-hydrogen) atoms. The van der Waals surface area contributed by atoms with E-state index < -0.39 is 60.0 Å². The average molecular weight is 506 g/mol. The van der Waals surface area contributed by atoms with Crippen molar-refractivity contribution < 1.29 is 46.6 Å². The van der Waals surface area contributed by atoms with E-state index in [2.05, 4.69) is 32.0 Å². The zero-order chi connectivity index (χ0) is 20.1. The van der Waals surface area contributed by atoms with E-state index in [0.29, 0.717) is 0 Å². The highest BCUT2D eigenvalue weighted by Gasteiger charge is 2.74. The van der Waals surface area contributed by atoms with Gasteiger partial charge in [-0.25, -0.2) is 0 Å². The van der Waals surface area contributed by atoms with Crippen LogP contribution in [0.4, 0.5) is 46.6 Å². The first kappa shape index (κ1) is 22.3. The molecule has 0 fully saturated rings. The molecule has 0 amide bonds. The van der Waals surface area contributed by atoms with E-state index in [9.17, 15) is 46.6 Å². The van der Waals surface area contributed by atoms with Gasteiger partial charge in [0.2, 0.25) is 0 Å². The van der Waals surface area contributed by atoms with Crippen molar-refractivity contribution in [3.63, 3.8) is 0 Å². The van der Waals surface area contributed by atoms with E-state index in [1.54, 1.807) is 0 Å². The first-order valence-electron chi connectivity index (χ1n) is 4.66. The van der Waals surface area contributed by atoms with Crippen molar-refractivity contribution in [1.82, 2.24) is 0 Å². The monoisotopic (exact) mass is 504 g/mol. The molecule has 1 aromatic carbocycles. The SMILES string of the molecule is FS(F)(F)(F)(Cl)c1ccc(S(F)(F)(F)(F)Cl)c(S(F)(F)(F)(F)Cl)c1. The van der Waals surface area contributed by atoms with E-state index >= 15 is 0 Å². The van der Waals surface area contributed by atoms with Gasteiger partial charge in [0.05, 0.1) is 4.90 Å². The molecular weight excluding hydrogens is 503 g/mol. The fraction of sp³-hybridized carbons (Fsp3) is 0. The third kappa shape index (κ3) is 5.40. The summed E-state index contributed by atoms with van der Waals surface area (Å²) in [6.07, 6.45) is 0. The molecule has 0 N–H and O–H groups in total. The van der Waals surface area contributed by atoms with Gasteiger partial charge in [-0.05, 0) is 18.2 Å². The lowest BCUT2D eigenvalue weighted by Gasteiger charge is -2.51. The summed E-state index contributed by atoms with van der Waals surface area (Å²) in [5.74, 6) is 0. The summed E-state index contributed by atoms with van der Waals surface area (Å²) in [4.78, 5) is -10.8. The van der Waals surface area contributed by atoms with Crippen molar-refractivity contribution in [3.8, 4) is 0 Å². The lowest BCUT2D eigenvalue weighted by molar-refractivity contribution is 0.448. The summed E-state index contributed by atoms with van der Waals surface area (Å²) in [6.45, 7) is 0. The summed E-state index contributed by atoms with van der Waals surface area (Å²) in [6, 6.07) is -3.91. The molecular formula is C6H3Cl3F12S3. The minimum atomic E-state index is -10.6. The minimum Gasteiger partial charge on any atom is -0.107 e. The Bertz CT molecular complexity index is 744. The number of hydrogen-bond donors (Lipinski definition) is 0. The van der Waals surface area contributed by atoms with Crippen LogP contribution in [-0.4, -0.2) is 0 Å². The zero-order valence-electron chi connectivity index (χ0n) is 10.1. The molecule has 0 saturated heterocycles. The van der Waals surface area contributed by atoms with Crippen LogP contribution in [0.3, 0.4) is 0 Å². The lowest BCUT2D eigenvalue weighted by atomic mass is 10.4. The lowest BCUT2D eigenvalue weighted by Crippen LogP contribution is -2.16. The largest absolute Gasteiger partial charge is 0.255 e. The van der Waals surface area contributed by atoms with Gasteiger partial charge in [0, 0.05) is 32.0 Å². The summed E-state index contributed by atoms with van der Waals surface area (Å²) in [5, 5.41) is 0. The van der Waals surface area contributed by atoms with Gasteiger partial charge >= 0.3 is 0 Å². The summed E-state index contributed by atoms with van der Waals surface area (Å²) >= 11 is 0. The molecule has 150 valence electrons. The standard InChI is InChI=1S/C6H3Cl3F12S3/c7-22(10,11,12,13)4-1-2-5(23(8,14,15,16)17)6(3-4)24(9,18,19,20)21/h1-3H. The predicted molar refractivity (Wildman–Crippen MR) is 74.9 cm³/mol. The van der Waals surface area contributed by atoms with Gasteiger partial charge in [0.1, 0.15) is 9.79 Å². The Hall–Kier alpha value is 0.300. The van der Waals surface area contributed by atoms with Gasteiger partial charge in [-0.1, -0.05) is 0 Å². The van der Waals surface area contributed by atoms with Gasteiger partial charge in [0.15, 0.2) is 0 Å². The first-order chi connectivity index (χ1) is 9.30. The maximum absolute atomic E-state index is 13.1. The quantitative estimate of drug-likeness (QED) is 0.358. The molecule has 0 spiro atoms. The van der Waals surface area contributed by atoms with Crippen LogP contribution in [0, 0.1) is 0 Å². The number of rotatable bonds is 3. The van der Waals surface area contributed by atoms with Gasteiger partial charge in [-0.15, -0.1) is 46.6 Å². The molecule has 0 radical (unpaired) electrons. The van der Waals surface area contributed by atoms with E-state index in [1.165, 1.54) is 0 Å². The second-order valence-corrected chi connectivity index (χ2v) is 17.3. The molecule has 0 aromatic heterocycles. The molecule has 0 unspecified atom stereocenters. The van der Waals surface area contributed by atoms with Gasteiger partial charge in [-0.2, -0.15) is 0 Å². The minimum absolute atomic E-state index is 0.964. The Morgan fingerprint density at radius 3 is 1.08 bits per heavy atom. The molecule has 18 heteroatoms. The topological polar surface area (TPSA) is 0 Å². The van der Waals surface area contributed by atoms with Crippen LogP contribution in [0.25, 0.3) is 0 Å². The normalized spacial score (nSPS) is 23.1. The molecule has 1 aromatic rings. The molecule has 0 aliphatic heterocycles. The van der Waals surface area contributed by atoms with Crippen LogP contribution >= 0.6 is 59.2 Å². The molecule has 0 saturated carbocycles. The van der Waals surface area contributed by atoms with Crippen molar-refractivity contribution in [3.05, 3.63) is 18.2 Å². The molecule has 0 nitrogen and oxygen atoms in total. The summed E-state index contributed by atoms with van der Waals surface area (Å²) < 4.78 is 156. The molecule has 0 aliphatic carbocycles. The first-order valence-corrected chi connectivity index (χ1v) is 13.3. The smallest absolute Gasteiger partial charge is 0.107 e. The number of benzene rings is 1. The molecule has 0 aliphatic rings. The van der Waals surface area contributed by atoms with Gasteiger partial charge < -0.3 is 0 Å². The van der Waals surface area contributed by atoms with Crippen LogP contribution in [0.5, 0.6) is 0 Å². The Balaban J connectivity index is 4.20. The Labute approximate surface area is 138 Å². The average Bonchev–Trinajstić information content (AvgIpc) is 2.05.